The first-order valence-electron chi connectivity index (χ1n) is 21.0. The Morgan fingerprint density at radius 3 is 1.06 bits per heavy atom. The van der Waals surface area contributed by atoms with E-state index in [1.54, 1.807) is 0 Å². The minimum absolute atomic E-state index is 0. The molecule has 6 nitrogen and oxygen atoms in total. The van der Waals surface area contributed by atoms with Crippen LogP contribution in [0.2, 0.25) is 0 Å². The standard InChI is InChI=1S/C55H46N2O4.2ClH.Zr/c1-36-32-44(54(58)50(34-36)56-46-24-10-4-18-38(46)39-19-5-11-25-47(39)56)42-22-8-14-28-52(42)60-30-16-3-17-31-61-53-29-15-9-23-43(53)45-33-37(2)35-51(55(45)59)57-48-26-12-6-20-40(48)41-21-7-13-27-49(41)57;;;/h4-15,18-29,32-35,58-59H,3,16-17,30-31H2,1-2H3;2*1H;/q;;;+4/p-4. The van der Waals surface area contributed by atoms with Crippen molar-refractivity contribution in [3.8, 4) is 56.6 Å². The summed E-state index contributed by atoms with van der Waals surface area (Å²) >= 11 is 0. The maximum Gasteiger partial charge on any atom is 4.00 e. The Kier molecular flexibility index (Phi) is 14.3. The Labute approximate surface area is 404 Å². The van der Waals surface area contributed by atoms with E-state index in [0.29, 0.717) is 47.2 Å². The average Bonchev–Trinajstić information content (AvgIpc) is 3.81. The van der Waals surface area contributed by atoms with E-state index in [4.69, 9.17) is 9.47 Å². The van der Waals surface area contributed by atoms with Crippen LogP contribution in [0.4, 0.5) is 0 Å². The van der Waals surface area contributed by atoms with Crippen LogP contribution in [0.25, 0.3) is 77.2 Å². The van der Waals surface area contributed by atoms with Gasteiger partial charge in [0.05, 0.1) is 35.3 Å². The summed E-state index contributed by atoms with van der Waals surface area (Å²) in [5, 5.41) is 33.3. The molecule has 316 valence electrons. The number of rotatable bonds is 12. The SMILES string of the molecule is Cc1cc(-c2ccccc2OCCCCCOc2ccccc2-c2cc(C)cc(-n3c4ccccc4c4ccccc43)c2[O-])c([O-])c(-n2c3ccccc3c3ccccc32)c1.[Cl-].[Cl-].[Zr+4]. The van der Waals surface area contributed by atoms with Crippen molar-refractivity contribution in [3.63, 3.8) is 0 Å². The largest absolute Gasteiger partial charge is 4.00 e. The monoisotopic (exact) mass is 956 g/mol. The number of aryl methyl sites for hydroxylation is 2. The van der Waals surface area contributed by atoms with Gasteiger partial charge in [-0.25, -0.2) is 0 Å². The van der Waals surface area contributed by atoms with Crippen LogP contribution in [0.1, 0.15) is 30.4 Å². The van der Waals surface area contributed by atoms with E-state index in [2.05, 4.69) is 57.7 Å². The topological polar surface area (TPSA) is 74.4 Å². The van der Waals surface area contributed by atoms with Crippen LogP contribution in [0.5, 0.6) is 23.0 Å². The predicted molar refractivity (Wildman–Crippen MR) is 246 cm³/mol. The molecule has 0 saturated heterocycles. The van der Waals surface area contributed by atoms with Crippen LogP contribution in [0.15, 0.2) is 170 Å². The molecule has 8 aromatic carbocycles. The van der Waals surface area contributed by atoms with Gasteiger partial charge in [-0.3, -0.25) is 0 Å². The fraction of sp³-hybridized carbons (Fsp3) is 0.127. The Morgan fingerprint density at radius 2 is 0.703 bits per heavy atom. The Balaban J connectivity index is 0.00000204. The van der Waals surface area contributed by atoms with Gasteiger partial charge >= 0.3 is 26.2 Å². The van der Waals surface area contributed by atoms with Gasteiger partial charge in [0, 0.05) is 44.0 Å². The molecule has 0 amide bonds. The van der Waals surface area contributed by atoms with Gasteiger partial charge < -0.3 is 53.6 Å². The van der Waals surface area contributed by atoms with Crippen molar-refractivity contribution >= 4 is 43.6 Å². The summed E-state index contributed by atoms with van der Waals surface area (Å²) in [7, 11) is 0. The number of hydrogen-bond donors (Lipinski definition) is 0. The second kappa shape index (κ2) is 19.8. The summed E-state index contributed by atoms with van der Waals surface area (Å²) in [5.41, 5.74) is 10.1. The van der Waals surface area contributed by atoms with Crippen molar-refractivity contribution in [1.82, 2.24) is 9.13 Å². The maximum atomic E-state index is 14.4. The van der Waals surface area contributed by atoms with Gasteiger partial charge in [0.15, 0.2) is 0 Å². The molecule has 0 fully saturated rings. The minimum atomic E-state index is -0.0386. The van der Waals surface area contributed by atoms with Crippen molar-refractivity contribution < 1.29 is 70.7 Å². The zero-order valence-corrected chi connectivity index (χ0v) is 39.5. The molecule has 2 heterocycles. The van der Waals surface area contributed by atoms with Gasteiger partial charge in [0.25, 0.3) is 0 Å². The van der Waals surface area contributed by atoms with Gasteiger partial charge in [0.1, 0.15) is 11.5 Å². The summed E-state index contributed by atoms with van der Waals surface area (Å²) in [6.45, 7) is 5.08. The predicted octanol–water partition coefficient (Wildman–Crippen LogP) is 6.61. The maximum absolute atomic E-state index is 14.4. The fourth-order valence-electron chi connectivity index (χ4n) is 8.98. The number of nitrogens with zero attached hydrogens (tertiary/aromatic N) is 2. The fourth-order valence-corrected chi connectivity index (χ4v) is 8.98. The summed E-state index contributed by atoms with van der Waals surface area (Å²) in [5.74, 6) is 1.30. The third-order valence-corrected chi connectivity index (χ3v) is 11.7. The average molecular weight is 959 g/mol. The van der Waals surface area contributed by atoms with E-state index in [9.17, 15) is 10.2 Å². The smallest absolute Gasteiger partial charge is 1.00 e. The molecular formula is C55H44Cl2N2O4Zr. The Bertz CT molecular complexity index is 2940. The number of hydrogen-bond acceptors (Lipinski definition) is 4. The number of benzene rings is 8. The van der Waals surface area contributed by atoms with Crippen LogP contribution in [-0.4, -0.2) is 22.3 Å². The van der Waals surface area contributed by atoms with E-state index in [-0.39, 0.29) is 62.5 Å². The first-order chi connectivity index (χ1) is 30.0. The number of halogens is 2. The van der Waals surface area contributed by atoms with Crippen LogP contribution >= 0.6 is 0 Å². The molecule has 0 aliphatic heterocycles. The van der Waals surface area contributed by atoms with Crippen molar-refractivity contribution in [3.05, 3.63) is 181 Å². The molecule has 0 saturated carbocycles. The second-order valence-corrected chi connectivity index (χ2v) is 15.8. The molecule has 10 aromatic rings. The molecular weight excluding hydrogens is 915 g/mol. The molecule has 0 unspecified atom stereocenters. The van der Waals surface area contributed by atoms with E-state index in [0.717, 1.165) is 85.1 Å². The van der Waals surface area contributed by atoms with Crippen LogP contribution in [0, 0.1) is 13.8 Å². The van der Waals surface area contributed by atoms with E-state index < -0.39 is 0 Å². The number of unbranched alkanes of at least 4 members (excludes halogenated alkanes) is 2. The Hall–Kier alpha value is -5.98. The van der Waals surface area contributed by atoms with E-state index in [1.807, 2.05) is 135 Å². The van der Waals surface area contributed by atoms with Crippen molar-refractivity contribution in [2.75, 3.05) is 13.2 Å². The number of para-hydroxylation sites is 6. The van der Waals surface area contributed by atoms with Crippen LogP contribution in [-0.2, 0) is 26.2 Å². The third kappa shape index (κ3) is 8.41. The summed E-state index contributed by atoms with van der Waals surface area (Å²) in [6, 6.07) is 56.5. The molecule has 0 aliphatic carbocycles. The second-order valence-electron chi connectivity index (χ2n) is 15.8. The Morgan fingerprint density at radius 1 is 0.391 bits per heavy atom. The number of fused-ring (bicyclic) bond motifs is 6. The molecule has 10 rings (SSSR count). The van der Waals surface area contributed by atoms with Gasteiger partial charge in [-0.2, -0.15) is 0 Å². The molecule has 64 heavy (non-hydrogen) atoms. The van der Waals surface area contributed by atoms with Crippen LogP contribution < -0.4 is 44.5 Å². The molecule has 9 heteroatoms. The number of ether oxygens (including phenoxy) is 2. The number of aromatic nitrogens is 2. The molecule has 0 spiro atoms. The molecule has 0 atom stereocenters. The van der Waals surface area contributed by atoms with Gasteiger partial charge in [-0.05, 0) is 104 Å². The minimum Gasteiger partial charge on any atom is -1.00 e. The first kappa shape index (κ1) is 46.0. The quantitative estimate of drug-likeness (QED) is 0.129. The van der Waals surface area contributed by atoms with Gasteiger partial charge in [0.2, 0.25) is 0 Å². The summed E-state index contributed by atoms with van der Waals surface area (Å²) in [4.78, 5) is 0. The van der Waals surface area contributed by atoms with Crippen molar-refractivity contribution in [2.45, 2.75) is 33.1 Å². The molecule has 0 aliphatic rings. The summed E-state index contributed by atoms with van der Waals surface area (Å²) in [6.07, 6.45) is 2.51. The van der Waals surface area contributed by atoms with Crippen LogP contribution in [0.3, 0.4) is 0 Å². The summed E-state index contributed by atoms with van der Waals surface area (Å²) < 4.78 is 17.0. The van der Waals surface area contributed by atoms with E-state index >= 15 is 0 Å². The molecule has 0 N–H and O–H groups in total. The molecule has 0 bridgehead atoms. The van der Waals surface area contributed by atoms with E-state index in [1.165, 1.54) is 0 Å². The first-order valence-corrected chi connectivity index (χ1v) is 21.0. The molecule has 2 aromatic heterocycles. The molecule has 0 radical (unpaired) electrons. The van der Waals surface area contributed by atoms with Gasteiger partial charge in [-0.15, -0.1) is 0 Å². The van der Waals surface area contributed by atoms with Crippen molar-refractivity contribution in [1.29, 1.82) is 0 Å². The van der Waals surface area contributed by atoms with Gasteiger partial charge in [-0.1, -0.05) is 133 Å². The normalized spacial score (nSPS) is 11.0. The zero-order chi connectivity index (χ0) is 41.5. The van der Waals surface area contributed by atoms with Crippen molar-refractivity contribution in [2.24, 2.45) is 0 Å². The third-order valence-electron chi connectivity index (χ3n) is 11.7. The zero-order valence-electron chi connectivity index (χ0n) is 35.5.